The third-order valence-electron chi connectivity index (χ3n) is 3.30. The normalized spacial score (nSPS) is 10.0. The van der Waals surface area contributed by atoms with E-state index in [0.717, 1.165) is 35.7 Å². The summed E-state index contributed by atoms with van der Waals surface area (Å²) in [5, 5.41) is 6.95. The third-order valence-corrected chi connectivity index (χ3v) is 3.59. The molecule has 2 aromatic rings. The number of thiocarbonyl (C=S) groups is 1. The Balaban J connectivity index is 1.75. The Kier molecular flexibility index (Phi) is 6.62. The average Bonchev–Trinajstić information content (AvgIpc) is 2.60. The lowest BCUT2D eigenvalue weighted by Gasteiger charge is -2.12. The summed E-state index contributed by atoms with van der Waals surface area (Å²) in [7, 11) is 3.27. The average molecular weight is 331 g/mol. The van der Waals surface area contributed by atoms with Crippen molar-refractivity contribution in [3.8, 4) is 11.5 Å². The van der Waals surface area contributed by atoms with Gasteiger partial charge in [0.15, 0.2) is 16.6 Å². The molecule has 2 rings (SSSR count). The molecule has 0 aliphatic heterocycles. The molecule has 6 heteroatoms. The highest BCUT2D eigenvalue weighted by Gasteiger charge is 2.04. The molecule has 5 nitrogen and oxygen atoms in total. The summed E-state index contributed by atoms with van der Waals surface area (Å²) in [6, 6.07) is 11.7. The van der Waals surface area contributed by atoms with Crippen molar-refractivity contribution in [2.24, 2.45) is 0 Å². The second-order valence-corrected chi connectivity index (χ2v) is 5.28. The minimum atomic E-state index is 0.614. The van der Waals surface area contributed by atoms with Gasteiger partial charge in [-0.1, -0.05) is 12.1 Å². The maximum atomic E-state index is 5.30. The summed E-state index contributed by atoms with van der Waals surface area (Å²) < 4.78 is 10.5. The molecule has 23 heavy (non-hydrogen) atoms. The van der Waals surface area contributed by atoms with Gasteiger partial charge in [0, 0.05) is 12.7 Å². The SMILES string of the molecule is COc1ccc(CCNC(=S)NCc2ccccn2)cc1OC. The Hall–Kier alpha value is -2.34. The van der Waals surface area contributed by atoms with E-state index in [4.69, 9.17) is 21.7 Å². The fraction of sp³-hybridized carbons (Fsp3) is 0.294. The van der Waals surface area contributed by atoms with Crippen molar-refractivity contribution >= 4 is 17.3 Å². The number of nitrogens with zero attached hydrogens (tertiary/aromatic N) is 1. The fourth-order valence-electron chi connectivity index (χ4n) is 2.09. The molecule has 0 amide bonds. The zero-order valence-electron chi connectivity index (χ0n) is 13.3. The van der Waals surface area contributed by atoms with Crippen LogP contribution in [0, 0.1) is 0 Å². The minimum Gasteiger partial charge on any atom is -0.493 e. The quantitative estimate of drug-likeness (QED) is 0.760. The second-order valence-electron chi connectivity index (χ2n) is 4.87. The van der Waals surface area contributed by atoms with E-state index in [0.29, 0.717) is 11.7 Å². The van der Waals surface area contributed by atoms with Gasteiger partial charge in [0.2, 0.25) is 0 Å². The molecule has 1 aromatic carbocycles. The van der Waals surface area contributed by atoms with Crippen LogP contribution >= 0.6 is 12.2 Å². The molecule has 0 aliphatic carbocycles. The van der Waals surface area contributed by atoms with Gasteiger partial charge in [-0.3, -0.25) is 4.98 Å². The third kappa shape index (κ3) is 5.41. The minimum absolute atomic E-state index is 0.614. The summed E-state index contributed by atoms with van der Waals surface area (Å²) in [4.78, 5) is 4.24. The number of nitrogens with one attached hydrogen (secondary N) is 2. The molecule has 0 spiro atoms. The van der Waals surface area contributed by atoms with Crippen LogP contribution in [0.3, 0.4) is 0 Å². The first-order chi connectivity index (χ1) is 11.2. The van der Waals surface area contributed by atoms with Gasteiger partial charge in [-0.05, 0) is 48.5 Å². The molecule has 0 unspecified atom stereocenters. The van der Waals surface area contributed by atoms with Crippen LogP contribution in [0.5, 0.6) is 11.5 Å². The van der Waals surface area contributed by atoms with Gasteiger partial charge in [-0.25, -0.2) is 0 Å². The van der Waals surface area contributed by atoms with Gasteiger partial charge >= 0.3 is 0 Å². The Morgan fingerprint density at radius 2 is 1.91 bits per heavy atom. The first-order valence-electron chi connectivity index (χ1n) is 7.35. The van der Waals surface area contributed by atoms with E-state index in [2.05, 4.69) is 15.6 Å². The Bertz CT molecular complexity index is 635. The van der Waals surface area contributed by atoms with Crippen molar-refractivity contribution in [2.45, 2.75) is 13.0 Å². The Labute approximate surface area is 142 Å². The summed E-state index contributed by atoms with van der Waals surface area (Å²) in [5.41, 5.74) is 2.11. The number of hydrogen-bond donors (Lipinski definition) is 2. The van der Waals surface area contributed by atoms with Crippen LogP contribution in [0.4, 0.5) is 0 Å². The predicted molar refractivity (Wildman–Crippen MR) is 94.9 cm³/mol. The van der Waals surface area contributed by atoms with Crippen LogP contribution in [0.2, 0.25) is 0 Å². The highest BCUT2D eigenvalue weighted by Crippen LogP contribution is 2.27. The number of aromatic nitrogens is 1. The summed E-state index contributed by atoms with van der Waals surface area (Å²) in [6.45, 7) is 1.35. The van der Waals surface area contributed by atoms with Crippen molar-refractivity contribution in [1.29, 1.82) is 0 Å². The van der Waals surface area contributed by atoms with E-state index in [-0.39, 0.29) is 0 Å². The standard InChI is InChI=1S/C17H21N3O2S/c1-21-15-7-6-13(11-16(15)22-2)8-10-19-17(23)20-12-14-5-3-4-9-18-14/h3-7,9,11H,8,10,12H2,1-2H3,(H2,19,20,23). The number of pyridine rings is 1. The lowest BCUT2D eigenvalue weighted by Crippen LogP contribution is -2.36. The molecule has 2 N–H and O–H groups in total. The van der Waals surface area contributed by atoms with Crippen molar-refractivity contribution in [3.05, 3.63) is 53.9 Å². The molecular formula is C17H21N3O2S. The molecule has 0 radical (unpaired) electrons. The number of benzene rings is 1. The number of methoxy groups -OCH3 is 2. The lowest BCUT2D eigenvalue weighted by molar-refractivity contribution is 0.354. The van der Waals surface area contributed by atoms with Crippen LogP contribution in [-0.4, -0.2) is 30.9 Å². The smallest absolute Gasteiger partial charge is 0.166 e. The maximum absolute atomic E-state index is 5.30. The fourth-order valence-corrected chi connectivity index (χ4v) is 2.27. The van der Waals surface area contributed by atoms with Gasteiger partial charge < -0.3 is 20.1 Å². The van der Waals surface area contributed by atoms with E-state index in [9.17, 15) is 0 Å². The lowest BCUT2D eigenvalue weighted by atomic mass is 10.1. The molecular weight excluding hydrogens is 310 g/mol. The van der Waals surface area contributed by atoms with Gasteiger partial charge in [0.25, 0.3) is 0 Å². The largest absolute Gasteiger partial charge is 0.493 e. The first kappa shape index (κ1) is 17.0. The maximum Gasteiger partial charge on any atom is 0.166 e. The molecule has 0 aliphatic rings. The molecule has 122 valence electrons. The molecule has 1 heterocycles. The van der Waals surface area contributed by atoms with Gasteiger partial charge in [0.05, 0.1) is 26.5 Å². The zero-order chi connectivity index (χ0) is 16.5. The van der Waals surface area contributed by atoms with Crippen molar-refractivity contribution < 1.29 is 9.47 Å². The summed E-state index contributed by atoms with van der Waals surface area (Å²) in [6.07, 6.45) is 2.61. The molecule has 0 fully saturated rings. The number of ether oxygens (including phenoxy) is 2. The van der Waals surface area contributed by atoms with Crippen LogP contribution in [-0.2, 0) is 13.0 Å². The molecule has 1 aromatic heterocycles. The van der Waals surface area contributed by atoms with Crippen molar-refractivity contribution in [2.75, 3.05) is 20.8 Å². The van der Waals surface area contributed by atoms with E-state index < -0.39 is 0 Å². The van der Waals surface area contributed by atoms with Crippen molar-refractivity contribution in [3.63, 3.8) is 0 Å². The summed E-state index contributed by atoms with van der Waals surface area (Å²) in [5.74, 6) is 1.47. The molecule has 0 saturated carbocycles. The summed E-state index contributed by atoms with van der Waals surface area (Å²) >= 11 is 5.26. The first-order valence-corrected chi connectivity index (χ1v) is 7.76. The number of rotatable bonds is 7. The van der Waals surface area contributed by atoms with Crippen LogP contribution in [0.1, 0.15) is 11.3 Å². The molecule has 0 atom stereocenters. The van der Waals surface area contributed by atoms with Crippen LogP contribution in [0.25, 0.3) is 0 Å². The van der Waals surface area contributed by atoms with E-state index in [1.165, 1.54) is 0 Å². The zero-order valence-corrected chi connectivity index (χ0v) is 14.2. The van der Waals surface area contributed by atoms with Gasteiger partial charge in [-0.2, -0.15) is 0 Å². The number of hydrogen-bond acceptors (Lipinski definition) is 4. The Morgan fingerprint density at radius 1 is 1.09 bits per heavy atom. The van der Waals surface area contributed by atoms with Gasteiger partial charge in [-0.15, -0.1) is 0 Å². The highest BCUT2D eigenvalue weighted by molar-refractivity contribution is 7.80. The van der Waals surface area contributed by atoms with Gasteiger partial charge in [0.1, 0.15) is 0 Å². The van der Waals surface area contributed by atoms with E-state index in [1.54, 1.807) is 20.4 Å². The van der Waals surface area contributed by atoms with Crippen molar-refractivity contribution in [1.82, 2.24) is 15.6 Å². The highest BCUT2D eigenvalue weighted by atomic mass is 32.1. The molecule has 0 saturated heterocycles. The Morgan fingerprint density at radius 3 is 2.61 bits per heavy atom. The van der Waals surface area contributed by atoms with Crippen LogP contribution in [0.15, 0.2) is 42.6 Å². The topological polar surface area (TPSA) is 55.4 Å². The monoisotopic (exact) mass is 331 g/mol. The molecule has 0 bridgehead atoms. The predicted octanol–water partition coefficient (Wildman–Crippen LogP) is 2.31. The van der Waals surface area contributed by atoms with E-state index >= 15 is 0 Å². The van der Waals surface area contributed by atoms with E-state index in [1.807, 2.05) is 36.4 Å². The van der Waals surface area contributed by atoms with Crippen LogP contribution < -0.4 is 20.1 Å². The second kappa shape index (κ2) is 8.95.